The van der Waals surface area contributed by atoms with Gasteiger partial charge in [-0.25, -0.2) is 0 Å². The van der Waals surface area contributed by atoms with Crippen LogP contribution >= 0.6 is 0 Å². The molecule has 7 heteroatoms. The van der Waals surface area contributed by atoms with Crippen LogP contribution in [0.25, 0.3) is 0 Å². The van der Waals surface area contributed by atoms with Gasteiger partial charge in [-0.1, -0.05) is 31.4 Å². The molecule has 7 nitrogen and oxygen atoms in total. The van der Waals surface area contributed by atoms with Gasteiger partial charge in [0.25, 0.3) is 5.91 Å². The summed E-state index contributed by atoms with van der Waals surface area (Å²) in [4.78, 5) is 31.3. The number of aliphatic imine (C=N–C) groups is 1. The number of amidine groups is 1. The van der Waals surface area contributed by atoms with E-state index in [0.29, 0.717) is 37.7 Å². The van der Waals surface area contributed by atoms with E-state index in [9.17, 15) is 9.59 Å². The van der Waals surface area contributed by atoms with E-state index in [1.54, 1.807) is 31.3 Å². The number of nitrogens with one attached hydrogen (secondary N) is 1. The van der Waals surface area contributed by atoms with Gasteiger partial charge in [0.15, 0.2) is 0 Å². The van der Waals surface area contributed by atoms with Crippen LogP contribution in [-0.4, -0.2) is 61.9 Å². The predicted octanol–water partition coefficient (Wildman–Crippen LogP) is 1.56. The van der Waals surface area contributed by atoms with Crippen molar-refractivity contribution < 1.29 is 14.3 Å². The highest BCUT2D eigenvalue weighted by Gasteiger charge is 2.32. The van der Waals surface area contributed by atoms with Crippen LogP contribution in [0.1, 0.15) is 48.0 Å². The Kier molecular flexibility index (Phi) is 7.03. The molecule has 0 aromatic heterocycles. The Hall–Kier alpha value is -2.41. The molecule has 1 heterocycles. The molecule has 28 heavy (non-hydrogen) atoms. The number of carbonyl (C=O) groups excluding carboxylic acids is 2. The van der Waals surface area contributed by atoms with E-state index in [2.05, 4.69) is 10.3 Å². The van der Waals surface area contributed by atoms with E-state index in [1.807, 2.05) is 4.90 Å². The molecule has 1 aromatic carbocycles. The maximum Gasteiger partial charge on any atom is 0.251 e. The van der Waals surface area contributed by atoms with Crippen LogP contribution in [0, 0.1) is 5.92 Å². The lowest BCUT2D eigenvalue weighted by Gasteiger charge is -2.38. The van der Waals surface area contributed by atoms with Crippen molar-refractivity contribution in [2.45, 2.75) is 38.1 Å². The van der Waals surface area contributed by atoms with Gasteiger partial charge >= 0.3 is 0 Å². The van der Waals surface area contributed by atoms with Crippen LogP contribution in [0.4, 0.5) is 0 Å². The van der Waals surface area contributed by atoms with E-state index < -0.39 is 0 Å². The molecule has 1 saturated heterocycles. The highest BCUT2D eigenvalue weighted by molar-refractivity contribution is 5.99. The second-order valence-electron chi connectivity index (χ2n) is 7.49. The quantitative estimate of drug-likeness (QED) is 0.593. The fourth-order valence-corrected chi connectivity index (χ4v) is 3.93. The third kappa shape index (κ3) is 4.90. The Labute approximate surface area is 166 Å². The van der Waals surface area contributed by atoms with Gasteiger partial charge in [-0.3, -0.25) is 14.6 Å². The van der Waals surface area contributed by atoms with Gasteiger partial charge in [0, 0.05) is 37.2 Å². The normalized spacial score (nSPS) is 21.4. The molecule has 3 N–H and O–H groups in total. The number of hydrogen-bond acceptors (Lipinski definition) is 4. The monoisotopic (exact) mass is 386 g/mol. The second kappa shape index (κ2) is 9.68. The maximum absolute atomic E-state index is 12.9. The van der Waals surface area contributed by atoms with E-state index in [0.717, 1.165) is 31.2 Å². The van der Waals surface area contributed by atoms with Gasteiger partial charge in [-0.05, 0) is 25.0 Å². The summed E-state index contributed by atoms with van der Waals surface area (Å²) in [6.07, 6.45) is 5.44. The molecule has 1 atom stereocenters. The third-order valence-corrected chi connectivity index (χ3v) is 5.65. The van der Waals surface area contributed by atoms with Crippen LogP contribution in [-0.2, 0) is 9.53 Å². The molecule has 0 radical (unpaired) electrons. The average molecular weight is 386 g/mol. The molecule has 1 aliphatic carbocycles. The molecular formula is C21H30N4O3. The van der Waals surface area contributed by atoms with Crippen molar-refractivity contribution in [1.82, 2.24) is 10.2 Å². The number of nitrogens with two attached hydrogens (primary N) is 1. The van der Waals surface area contributed by atoms with E-state index >= 15 is 0 Å². The highest BCUT2D eigenvalue weighted by atomic mass is 16.5. The van der Waals surface area contributed by atoms with Crippen molar-refractivity contribution in [3.63, 3.8) is 0 Å². The standard InChI is InChI=1S/C21H30N4O3/c1-23-19(22)15-7-9-16(10-8-15)20(26)24-13-18-14-28-12-11-25(18)21(27)17-5-3-2-4-6-17/h7-10,17-18H,2-6,11-14H2,1H3,(H2,22,23)(H,24,26). The van der Waals surface area contributed by atoms with Crippen LogP contribution < -0.4 is 11.1 Å². The SMILES string of the molecule is C/N=C(\N)c1ccc(C(=O)NCC2COCCN2C(=O)C2CCCCC2)cc1. The molecule has 1 unspecified atom stereocenters. The van der Waals surface area contributed by atoms with Crippen molar-refractivity contribution in [2.75, 3.05) is 33.4 Å². The zero-order valence-corrected chi connectivity index (χ0v) is 16.5. The first-order valence-electron chi connectivity index (χ1n) is 10.1. The maximum atomic E-state index is 12.9. The topological polar surface area (TPSA) is 97.0 Å². The molecule has 0 spiro atoms. The molecular weight excluding hydrogens is 356 g/mol. The first-order valence-corrected chi connectivity index (χ1v) is 10.1. The minimum absolute atomic E-state index is 0.116. The van der Waals surface area contributed by atoms with Crippen LogP contribution in [0.15, 0.2) is 29.3 Å². The second-order valence-corrected chi connectivity index (χ2v) is 7.49. The lowest BCUT2D eigenvalue weighted by molar-refractivity contribution is -0.145. The molecule has 0 bridgehead atoms. The van der Waals surface area contributed by atoms with E-state index in [-0.39, 0.29) is 23.8 Å². The number of nitrogens with zero attached hydrogens (tertiary/aromatic N) is 2. The van der Waals surface area contributed by atoms with E-state index in [4.69, 9.17) is 10.5 Å². The van der Waals surface area contributed by atoms with Crippen LogP contribution in [0.5, 0.6) is 0 Å². The first-order chi connectivity index (χ1) is 13.6. The summed E-state index contributed by atoms with van der Waals surface area (Å²) in [5, 5.41) is 2.94. The van der Waals surface area contributed by atoms with Crippen molar-refractivity contribution in [2.24, 2.45) is 16.6 Å². The Morgan fingerprint density at radius 2 is 1.86 bits per heavy atom. The number of rotatable bonds is 5. The van der Waals surface area contributed by atoms with Crippen molar-refractivity contribution in [3.8, 4) is 0 Å². The minimum atomic E-state index is -0.172. The molecule has 2 aliphatic rings. The number of amides is 2. The van der Waals surface area contributed by atoms with Gasteiger partial charge < -0.3 is 20.7 Å². The third-order valence-electron chi connectivity index (χ3n) is 5.65. The van der Waals surface area contributed by atoms with Gasteiger partial charge in [0.05, 0.1) is 19.3 Å². The predicted molar refractivity (Wildman–Crippen MR) is 108 cm³/mol. The number of benzene rings is 1. The Morgan fingerprint density at radius 1 is 1.18 bits per heavy atom. The average Bonchev–Trinajstić information content (AvgIpc) is 2.77. The largest absolute Gasteiger partial charge is 0.384 e. The summed E-state index contributed by atoms with van der Waals surface area (Å²) in [5.74, 6) is 0.613. The fourth-order valence-electron chi connectivity index (χ4n) is 3.93. The first kappa shape index (κ1) is 20.3. The minimum Gasteiger partial charge on any atom is -0.384 e. The molecule has 2 fully saturated rings. The Bertz CT molecular complexity index is 711. The molecule has 3 rings (SSSR count). The fraction of sp³-hybridized carbons (Fsp3) is 0.571. The molecule has 1 aromatic rings. The summed E-state index contributed by atoms with van der Waals surface area (Å²) in [6, 6.07) is 6.89. The van der Waals surface area contributed by atoms with Gasteiger partial charge in [-0.15, -0.1) is 0 Å². The summed E-state index contributed by atoms with van der Waals surface area (Å²) >= 11 is 0. The van der Waals surface area contributed by atoms with Crippen LogP contribution in [0.2, 0.25) is 0 Å². The molecule has 1 aliphatic heterocycles. The molecule has 152 valence electrons. The smallest absolute Gasteiger partial charge is 0.251 e. The van der Waals surface area contributed by atoms with Gasteiger partial charge in [0.2, 0.25) is 5.91 Å². The zero-order chi connectivity index (χ0) is 19.9. The summed E-state index contributed by atoms with van der Waals surface area (Å²) in [6.45, 7) is 2.00. The van der Waals surface area contributed by atoms with Crippen molar-refractivity contribution >= 4 is 17.6 Å². The summed E-state index contributed by atoms with van der Waals surface area (Å²) < 4.78 is 5.57. The highest BCUT2D eigenvalue weighted by Crippen LogP contribution is 2.26. The number of hydrogen-bond donors (Lipinski definition) is 2. The zero-order valence-electron chi connectivity index (χ0n) is 16.5. The van der Waals surface area contributed by atoms with Crippen molar-refractivity contribution in [3.05, 3.63) is 35.4 Å². The van der Waals surface area contributed by atoms with Crippen LogP contribution in [0.3, 0.4) is 0 Å². The lowest BCUT2D eigenvalue weighted by atomic mass is 9.88. The number of morpholine rings is 1. The number of carbonyl (C=O) groups is 2. The van der Waals surface area contributed by atoms with Gasteiger partial charge in [-0.2, -0.15) is 0 Å². The number of ether oxygens (including phenoxy) is 1. The van der Waals surface area contributed by atoms with E-state index in [1.165, 1.54) is 6.42 Å². The molecule has 2 amide bonds. The molecule has 1 saturated carbocycles. The lowest BCUT2D eigenvalue weighted by Crippen LogP contribution is -2.55. The Balaban J connectivity index is 1.58. The Morgan fingerprint density at radius 3 is 2.54 bits per heavy atom. The summed E-state index contributed by atoms with van der Waals surface area (Å²) in [5.41, 5.74) is 7.11. The summed E-state index contributed by atoms with van der Waals surface area (Å²) in [7, 11) is 1.63. The van der Waals surface area contributed by atoms with Gasteiger partial charge in [0.1, 0.15) is 5.84 Å². The van der Waals surface area contributed by atoms with Crippen molar-refractivity contribution in [1.29, 1.82) is 0 Å².